The van der Waals surface area contributed by atoms with Gasteiger partial charge in [-0.1, -0.05) is 6.07 Å². The molecule has 0 fully saturated rings. The third-order valence-electron chi connectivity index (χ3n) is 4.26. The zero-order chi connectivity index (χ0) is 19.5. The number of nitrogens with one attached hydrogen (secondary N) is 1. The number of aromatic nitrogens is 3. The Hall–Kier alpha value is -3.68. The van der Waals surface area contributed by atoms with E-state index in [0.29, 0.717) is 35.2 Å². The van der Waals surface area contributed by atoms with Gasteiger partial charge in [0.2, 0.25) is 12.7 Å². The van der Waals surface area contributed by atoms with Crippen molar-refractivity contribution < 1.29 is 14.3 Å². The molecule has 1 aliphatic heterocycles. The van der Waals surface area contributed by atoms with Gasteiger partial charge in [0, 0.05) is 44.8 Å². The van der Waals surface area contributed by atoms with Crippen molar-refractivity contribution in [2.24, 2.45) is 0 Å². The Bertz CT molecular complexity index is 1010. The fraction of sp³-hybridized carbons (Fsp3) is 0.200. The second-order valence-corrected chi connectivity index (χ2v) is 6.43. The van der Waals surface area contributed by atoms with E-state index in [1.54, 1.807) is 23.5 Å². The van der Waals surface area contributed by atoms with Crippen molar-refractivity contribution in [3.05, 3.63) is 60.0 Å². The zero-order valence-electron chi connectivity index (χ0n) is 15.5. The molecule has 3 aromatic rings. The summed E-state index contributed by atoms with van der Waals surface area (Å²) < 4.78 is 10.7. The molecule has 1 amide bonds. The highest BCUT2D eigenvalue weighted by Crippen LogP contribution is 2.32. The van der Waals surface area contributed by atoms with E-state index in [1.165, 1.54) is 0 Å². The fourth-order valence-corrected chi connectivity index (χ4v) is 2.81. The Balaban J connectivity index is 1.58. The molecule has 8 nitrogen and oxygen atoms in total. The van der Waals surface area contributed by atoms with Crippen LogP contribution in [0.25, 0.3) is 11.3 Å². The smallest absolute Gasteiger partial charge is 0.255 e. The first-order chi connectivity index (χ1) is 13.6. The van der Waals surface area contributed by atoms with Crippen LogP contribution in [0.3, 0.4) is 0 Å². The van der Waals surface area contributed by atoms with Gasteiger partial charge < -0.3 is 19.7 Å². The summed E-state index contributed by atoms with van der Waals surface area (Å²) in [6.07, 6.45) is 4.88. The number of hydrogen-bond donors (Lipinski definition) is 1. The van der Waals surface area contributed by atoms with Crippen LogP contribution < -0.4 is 19.7 Å². The predicted molar refractivity (Wildman–Crippen MR) is 103 cm³/mol. The minimum Gasteiger partial charge on any atom is -0.454 e. The van der Waals surface area contributed by atoms with Crippen molar-refractivity contribution in [1.29, 1.82) is 0 Å². The lowest BCUT2D eigenvalue weighted by atomic mass is 10.1. The van der Waals surface area contributed by atoms with Crippen molar-refractivity contribution in [3.63, 3.8) is 0 Å². The average Bonchev–Trinajstić information content (AvgIpc) is 3.20. The number of carbonyl (C=O) groups excluding carboxylic acids is 1. The highest BCUT2D eigenvalue weighted by Gasteiger charge is 2.18. The number of carbonyl (C=O) groups is 1. The molecule has 0 bridgehead atoms. The largest absolute Gasteiger partial charge is 0.454 e. The molecular weight excluding hydrogens is 358 g/mol. The number of hydrogen-bond acceptors (Lipinski definition) is 7. The number of ether oxygens (including phenoxy) is 2. The number of nitrogens with zero attached hydrogens (tertiary/aromatic N) is 4. The molecule has 3 heterocycles. The molecule has 4 rings (SSSR count). The Morgan fingerprint density at radius 3 is 2.71 bits per heavy atom. The van der Waals surface area contributed by atoms with Gasteiger partial charge in [-0.3, -0.25) is 9.78 Å². The summed E-state index contributed by atoms with van der Waals surface area (Å²) >= 11 is 0. The number of amides is 1. The molecule has 0 saturated heterocycles. The molecule has 0 radical (unpaired) electrons. The van der Waals surface area contributed by atoms with Gasteiger partial charge in [0.15, 0.2) is 11.5 Å². The van der Waals surface area contributed by atoms with Crippen LogP contribution in [0.15, 0.2) is 48.9 Å². The van der Waals surface area contributed by atoms with Gasteiger partial charge >= 0.3 is 0 Å². The van der Waals surface area contributed by atoms with Crippen LogP contribution in [0.5, 0.6) is 11.5 Å². The van der Waals surface area contributed by atoms with Crippen LogP contribution in [-0.4, -0.2) is 41.7 Å². The molecular formula is C20H19N5O3. The fourth-order valence-electron chi connectivity index (χ4n) is 2.81. The molecule has 0 aliphatic carbocycles. The lowest BCUT2D eigenvalue weighted by Crippen LogP contribution is -2.25. The Labute approximate surface area is 162 Å². The minimum atomic E-state index is -0.255. The topological polar surface area (TPSA) is 89.5 Å². The third kappa shape index (κ3) is 3.57. The van der Waals surface area contributed by atoms with Crippen molar-refractivity contribution in [3.8, 4) is 22.8 Å². The van der Waals surface area contributed by atoms with Crippen LogP contribution in [0, 0.1) is 0 Å². The van der Waals surface area contributed by atoms with E-state index in [2.05, 4.69) is 20.3 Å². The number of anilines is 1. The molecule has 0 saturated carbocycles. The van der Waals surface area contributed by atoms with E-state index in [9.17, 15) is 4.79 Å². The summed E-state index contributed by atoms with van der Waals surface area (Å²) in [5, 5.41) is 2.92. The van der Waals surface area contributed by atoms with Gasteiger partial charge in [-0.15, -0.1) is 0 Å². The van der Waals surface area contributed by atoms with Crippen LogP contribution in [0.4, 0.5) is 5.95 Å². The van der Waals surface area contributed by atoms with E-state index in [-0.39, 0.29) is 12.7 Å². The Kier molecular flexibility index (Phi) is 4.76. The summed E-state index contributed by atoms with van der Waals surface area (Å²) in [6.45, 7) is 0.566. The van der Waals surface area contributed by atoms with Crippen molar-refractivity contribution >= 4 is 11.9 Å². The standard InChI is InChI=1S/C20H19N5O3/c1-25(2)20-23-11-15(18(24-20)14-5-7-21-8-6-14)19(26)22-10-13-3-4-16-17(9-13)28-12-27-16/h3-9,11H,10,12H2,1-2H3,(H,22,26). The third-order valence-corrected chi connectivity index (χ3v) is 4.26. The Morgan fingerprint density at radius 2 is 1.93 bits per heavy atom. The first-order valence-electron chi connectivity index (χ1n) is 8.73. The van der Waals surface area contributed by atoms with E-state index in [4.69, 9.17) is 9.47 Å². The first-order valence-corrected chi connectivity index (χ1v) is 8.73. The predicted octanol–water partition coefficient (Wildman–Crippen LogP) is 2.26. The average molecular weight is 377 g/mol. The maximum atomic E-state index is 12.9. The minimum absolute atomic E-state index is 0.218. The number of rotatable bonds is 5. The van der Waals surface area contributed by atoms with Crippen LogP contribution >= 0.6 is 0 Å². The van der Waals surface area contributed by atoms with Gasteiger partial charge in [-0.05, 0) is 29.8 Å². The monoisotopic (exact) mass is 377 g/mol. The van der Waals surface area contributed by atoms with Crippen LogP contribution in [0.2, 0.25) is 0 Å². The molecule has 28 heavy (non-hydrogen) atoms. The summed E-state index contributed by atoms with van der Waals surface area (Å²) in [5.41, 5.74) is 2.67. The normalized spacial score (nSPS) is 11.9. The van der Waals surface area contributed by atoms with E-state index >= 15 is 0 Å². The van der Waals surface area contributed by atoms with Gasteiger partial charge in [0.1, 0.15) is 0 Å². The van der Waals surface area contributed by atoms with Crippen LogP contribution in [-0.2, 0) is 6.54 Å². The van der Waals surface area contributed by atoms with E-state index in [1.807, 2.05) is 44.4 Å². The maximum Gasteiger partial charge on any atom is 0.255 e. The van der Waals surface area contributed by atoms with Crippen molar-refractivity contribution in [1.82, 2.24) is 20.3 Å². The lowest BCUT2D eigenvalue weighted by molar-refractivity contribution is 0.0951. The molecule has 142 valence electrons. The van der Waals surface area contributed by atoms with Gasteiger partial charge in [0.05, 0.1) is 11.3 Å². The zero-order valence-corrected chi connectivity index (χ0v) is 15.5. The SMILES string of the molecule is CN(C)c1ncc(C(=O)NCc2ccc3c(c2)OCO3)c(-c2ccncc2)n1. The molecule has 0 atom stereocenters. The molecule has 0 unspecified atom stereocenters. The lowest BCUT2D eigenvalue weighted by Gasteiger charge is -2.14. The highest BCUT2D eigenvalue weighted by molar-refractivity contribution is 5.99. The van der Waals surface area contributed by atoms with E-state index < -0.39 is 0 Å². The second kappa shape index (κ2) is 7.51. The summed E-state index contributed by atoms with van der Waals surface area (Å²) in [5.74, 6) is 1.67. The van der Waals surface area contributed by atoms with Gasteiger partial charge in [-0.2, -0.15) is 0 Å². The number of benzene rings is 1. The van der Waals surface area contributed by atoms with Gasteiger partial charge in [-0.25, -0.2) is 9.97 Å². The number of fused-ring (bicyclic) bond motifs is 1. The summed E-state index contributed by atoms with van der Waals surface area (Å²) in [7, 11) is 3.70. The van der Waals surface area contributed by atoms with Crippen molar-refractivity contribution in [2.45, 2.75) is 6.54 Å². The first kappa shape index (κ1) is 17.7. The van der Waals surface area contributed by atoms with E-state index in [0.717, 1.165) is 11.1 Å². The molecule has 1 aromatic carbocycles. The molecule has 8 heteroatoms. The summed E-state index contributed by atoms with van der Waals surface area (Å²) in [6, 6.07) is 9.22. The number of pyridine rings is 1. The molecule has 1 N–H and O–H groups in total. The van der Waals surface area contributed by atoms with Gasteiger partial charge in [0.25, 0.3) is 5.91 Å². The molecule has 1 aliphatic rings. The maximum absolute atomic E-state index is 12.9. The quantitative estimate of drug-likeness (QED) is 0.729. The molecule has 2 aromatic heterocycles. The second-order valence-electron chi connectivity index (χ2n) is 6.43. The summed E-state index contributed by atoms with van der Waals surface area (Å²) in [4.78, 5) is 27.5. The Morgan fingerprint density at radius 1 is 1.14 bits per heavy atom. The highest BCUT2D eigenvalue weighted by atomic mass is 16.7. The molecule has 0 spiro atoms. The van der Waals surface area contributed by atoms with Crippen LogP contribution in [0.1, 0.15) is 15.9 Å². The van der Waals surface area contributed by atoms with Crippen molar-refractivity contribution in [2.75, 3.05) is 25.8 Å².